The molecule has 1 heterocycles. The smallest absolute Gasteiger partial charge is 0.308 e. The molecule has 0 radical (unpaired) electrons. The Bertz CT molecular complexity index is 1120. The number of hydrogen-bond acceptors (Lipinski definition) is 4. The van der Waals surface area contributed by atoms with E-state index in [1.807, 2.05) is 54.6 Å². The first-order chi connectivity index (χ1) is 13.1. The van der Waals surface area contributed by atoms with E-state index in [4.69, 9.17) is 9.72 Å². The molecule has 0 aliphatic heterocycles. The number of aliphatic carboxylic acids is 1. The third kappa shape index (κ3) is 3.55. The number of rotatable bonds is 5. The Morgan fingerprint density at radius 1 is 1.00 bits per heavy atom. The lowest BCUT2D eigenvalue weighted by Gasteiger charge is -2.03. The zero-order chi connectivity index (χ0) is 18.8. The van der Waals surface area contributed by atoms with Gasteiger partial charge >= 0.3 is 5.97 Å². The van der Waals surface area contributed by atoms with Crippen LogP contribution in [-0.2, 0) is 11.2 Å². The number of aromatic nitrogens is 1. The number of carboxylic acids is 1. The van der Waals surface area contributed by atoms with Crippen molar-refractivity contribution in [2.24, 2.45) is 0 Å². The van der Waals surface area contributed by atoms with Crippen LogP contribution in [0.15, 0.2) is 66.7 Å². The molecule has 0 saturated heterocycles. The van der Waals surface area contributed by atoms with Gasteiger partial charge in [-0.1, -0.05) is 36.4 Å². The first-order valence-electron chi connectivity index (χ1n) is 8.49. The molecule has 0 aliphatic rings. The number of carboxylic acid groups (broad SMARTS) is 1. The number of ether oxygens (including phenoxy) is 1. The van der Waals surface area contributed by atoms with Crippen molar-refractivity contribution in [3.8, 4) is 27.6 Å². The van der Waals surface area contributed by atoms with Crippen LogP contribution >= 0.6 is 11.3 Å². The van der Waals surface area contributed by atoms with Gasteiger partial charge in [0, 0.05) is 16.0 Å². The maximum Gasteiger partial charge on any atom is 0.308 e. The number of fused-ring (bicyclic) bond motifs is 1. The number of hydrogen-bond donors (Lipinski definition) is 1. The van der Waals surface area contributed by atoms with Crippen molar-refractivity contribution in [3.63, 3.8) is 0 Å². The van der Waals surface area contributed by atoms with Crippen LogP contribution in [0.2, 0.25) is 0 Å². The minimum Gasteiger partial charge on any atom is -0.497 e. The number of thiazole rings is 1. The fourth-order valence-corrected chi connectivity index (χ4v) is 4.11. The second-order valence-corrected chi connectivity index (χ2v) is 7.24. The van der Waals surface area contributed by atoms with Crippen molar-refractivity contribution in [3.05, 3.63) is 71.6 Å². The molecule has 4 rings (SSSR count). The summed E-state index contributed by atoms with van der Waals surface area (Å²) in [4.78, 5) is 16.9. The minimum atomic E-state index is -0.859. The van der Waals surface area contributed by atoms with Gasteiger partial charge in [0.15, 0.2) is 0 Å². The maximum atomic E-state index is 11.4. The summed E-state index contributed by atoms with van der Waals surface area (Å²) in [6.45, 7) is 0. The fraction of sp³-hybridized carbons (Fsp3) is 0.0909. The van der Waals surface area contributed by atoms with Gasteiger partial charge in [0.25, 0.3) is 0 Å². The summed E-state index contributed by atoms with van der Waals surface area (Å²) in [7, 11) is 1.63. The van der Waals surface area contributed by atoms with Crippen molar-refractivity contribution >= 4 is 28.1 Å². The third-order valence-corrected chi connectivity index (χ3v) is 5.47. The van der Waals surface area contributed by atoms with Gasteiger partial charge in [-0.2, -0.15) is 0 Å². The van der Waals surface area contributed by atoms with Crippen LogP contribution in [0.1, 0.15) is 4.88 Å². The molecule has 5 heteroatoms. The van der Waals surface area contributed by atoms with Crippen LogP contribution in [0.25, 0.3) is 32.6 Å². The lowest BCUT2D eigenvalue weighted by atomic mass is 10.0. The first kappa shape index (κ1) is 17.2. The monoisotopic (exact) mass is 375 g/mol. The molecule has 134 valence electrons. The predicted octanol–water partition coefficient (Wildman–Crippen LogP) is 5.27. The average molecular weight is 375 g/mol. The normalized spacial score (nSPS) is 10.9. The second-order valence-electron chi connectivity index (χ2n) is 6.15. The molecule has 4 aromatic rings. The number of carbonyl (C=O) groups is 1. The van der Waals surface area contributed by atoms with E-state index in [9.17, 15) is 9.90 Å². The zero-order valence-corrected chi connectivity index (χ0v) is 15.5. The molecule has 0 saturated carbocycles. The van der Waals surface area contributed by atoms with Gasteiger partial charge in [0.05, 0.1) is 19.2 Å². The Labute approximate surface area is 160 Å². The Balaban J connectivity index is 1.81. The molecule has 3 aromatic carbocycles. The van der Waals surface area contributed by atoms with Gasteiger partial charge in [-0.3, -0.25) is 4.79 Å². The van der Waals surface area contributed by atoms with Gasteiger partial charge < -0.3 is 9.84 Å². The van der Waals surface area contributed by atoms with E-state index >= 15 is 0 Å². The van der Waals surface area contributed by atoms with Crippen molar-refractivity contribution < 1.29 is 14.6 Å². The first-order valence-corrected chi connectivity index (χ1v) is 9.31. The highest BCUT2D eigenvalue weighted by molar-refractivity contribution is 7.15. The van der Waals surface area contributed by atoms with E-state index < -0.39 is 5.97 Å². The van der Waals surface area contributed by atoms with Crippen molar-refractivity contribution in [1.82, 2.24) is 4.98 Å². The van der Waals surface area contributed by atoms with E-state index in [2.05, 4.69) is 12.1 Å². The van der Waals surface area contributed by atoms with E-state index in [1.165, 1.54) is 11.3 Å². The van der Waals surface area contributed by atoms with Crippen LogP contribution in [0.4, 0.5) is 0 Å². The maximum absolute atomic E-state index is 11.4. The van der Waals surface area contributed by atoms with Crippen LogP contribution in [-0.4, -0.2) is 23.2 Å². The summed E-state index contributed by atoms with van der Waals surface area (Å²) in [6, 6.07) is 21.8. The molecule has 0 aliphatic carbocycles. The van der Waals surface area contributed by atoms with Gasteiger partial charge in [-0.25, -0.2) is 4.98 Å². The standard InChI is InChI=1S/C22H17NO3S/c1-26-18-10-8-15(9-11-18)22-23-21(19(27-22)13-20(24)25)17-7-6-14-4-2-3-5-16(14)12-17/h2-12H,13H2,1H3,(H,24,25). The van der Waals surface area contributed by atoms with Gasteiger partial charge in [0.2, 0.25) is 0 Å². The number of benzene rings is 3. The quantitative estimate of drug-likeness (QED) is 0.516. The van der Waals surface area contributed by atoms with Crippen molar-refractivity contribution in [2.75, 3.05) is 7.11 Å². The molecular formula is C22H17NO3S. The Kier molecular flexibility index (Phi) is 4.60. The van der Waals surface area contributed by atoms with Crippen molar-refractivity contribution in [1.29, 1.82) is 0 Å². The lowest BCUT2D eigenvalue weighted by molar-refractivity contribution is -0.136. The van der Waals surface area contributed by atoms with Gasteiger partial charge in [0.1, 0.15) is 10.8 Å². The molecule has 0 unspecified atom stereocenters. The molecule has 1 aromatic heterocycles. The molecular weight excluding hydrogens is 358 g/mol. The van der Waals surface area contributed by atoms with E-state index in [1.54, 1.807) is 7.11 Å². The largest absolute Gasteiger partial charge is 0.497 e. The Hall–Kier alpha value is -3.18. The third-order valence-electron chi connectivity index (χ3n) is 4.37. The molecule has 27 heavy (non-hydrogen) atoms. The lowest BCUT2D eigenvalue weighted by Crippen LogP contribution is -1.99. The number of methoxy groups -OCH3 is 1. The van der Waals surface area contributed by atoms with Crippen LogP contribution in [0, 0.1) is 0 Å². The minimum absolute atomic E-state index is 0.0457. The summed E-state index contributed by atoms with van der Waals surface area (Å²) in [6.07, 6.45) is -0.0457. The van der Waals surface area contributed by atoms with Crippen LogP contribution in [0.5, 0.6) is 5.75 Å². The van der Waals surface area contributed by atoms with E-state index in [-0.39, 0.29) is 6.42 Å². The molecule has 0 bridgehead atoms. The Morgan fingerprint density at radius 2 is 1.70 bits per heavy atom. The molecule has 1 N–H and O–H groups in total. The van der Waals surface area contributed by atoms with Crippen LogP contribution < -0.4 is 4.74 Å². The van der Waals surface area contributed by atoms with Crippen LogP contribution in [0.3, 0.4) is 0 Å². The zero-order valence-electron chi connectivity index (χ0n) is 14.7. The highest BCUT2D eigenvalue weighted by Crippen LogP contribution is 2.36. The molecule has 0 amide bonds. The predicted molar refractivity (Wildman–Crippen MR) is 108 cm³/mol. The molecule has 0 spiro atoms. The summed E-state index contributed by atoms with van der Waals surface area (Å²) in [5.41, 5.74) is 2.61. The van der Waals surface area contributed by atoms with E-state index in [0.717, 1.165) is 43.2 Å². The average Bonchev–Trinajstić information content (AvgIpc) is 3.10. The molecule has 0 atom stereocenters. The highest BCUT2D eigenvalue weighted by Gasteiger charge is 2.17. The topological polar surface area (TPSA) is 59.4 Å². The SMILES string of the molecule is COc1ccc(-c2nc(-c3ccc4ccccc4c3)c(CC(=O)O)s2)cc1. The Morgan fingerprint density at radius 3 is 2.41 bits per heavy atom. The fourth-order valence-electron chi connectivity index (χ4n) is 3.03. The summed E-state index contributed by atoms with van der Waals surface area (Å²) in [5, 5.41) is 12.4. The van der Waals surface area contributed by atoms with Gasteiger partial charge in [-0.05, 0) is 41.1 Å². The second kappa shape index (κ2) is 7.21. The van der Waals surface area contributed by atoms with Gasteiger partial charge in [-0.15, -0.1) is 11.3 Å². The number of nitrogens with zero attached hydrogens (tertiary/aromatic N) is 1. The summed E-state index contributed by atoms with van der Waals surface area (Å²) in [5.74, 6) is -0.0854. The summed E-state index contributed by atoms with van der Waals surface area (Å²) < 4.78 is 5.20. The summed E-state index contributed by atoms with van der Waals surface area (Å²) >= 11 is 1.42. The van der Waals surface area contributed by atoms with Crippen molar-refractivity contribution in [2.45, 2.75) is 6.42 Å². The highest BCUT2D eigenvalue weighted by atomic mass is 32.1. The molecule has 0 fully saturated rings. The molecule has 4 nitrogen and oxygen atoms in total. The van der Waals surface area contributed by atoms with E-state index in [0.29, 0.717) is 0 Å².